The number of anilines is 2. The van der Waals surface area contributed by atoms with E-state index in [0.717, 1.165) is 44.9 Å². The van der Waals surface area contributed by atoms with Gasteiger partial charge in [0.1, 0.15) is 11.4 Å². The maximum Gasteiger partial charge on any atom is 0.162 e. The van der Waals surface area contributed by atoms with Crippen molar-refractivity contribution in [3.05, 3.63) is 66.9 Å². The maximum atomic E-state index is 6.34. The number of H-pyrrole nitrogens is 1. The van der Waals surface area contributed by atoms with Gasteiger partial charge in [-0.05, 0) is 18.2 Å². The average molecular weight is 397 g/mol. The quantitative estimate of drug-likeness (QED) is 0.443. The molecule has 0 amide bonds. The van der Waals surface area contributed by atoms with Crippen LogP contribution in [0.15, 0.2) is 61.2 Å². The number of rotatable bonds is 2. The van der Waals surface area contributed by atoms with Crippen LogP contribution in [0.5, 0.6) is 5.75 Å². The average Bonchev–Trinajstić information content (AvgIpc) is 3.41. The van der Waals surface area contributed by atoms with Crippen LogP contribution in [0.1, 0.15) is 11.8 Å². The van der Waals surface area contributed by atoms with Gasteiger partial charge in [0.25, 0.3) is 0 Å². The first kappa shape index (κ1) is 16.8. The monoisotopic (exact) mass is 397 g/mol. The van der Waals surface area contributed by atoms with Gasteiger partial charge in [0.05, 0.1) is 29.6 Å². The van der Waals surface area contributed by atoms with Gasteiger partial charge in [0, 0.05) is 48.3 Å². The molecule has 0 bridgehead atoms. The lowest BCUT2D eigenvalue weighted by atomic mass is 10.1. The number of nitrogens with two attached hydrogens (primary N) is 1. The Morgan fingerprint density at radius 3 is 3.07 bits per heavy atom. The number of benzene rings is 2. The molecule has 1 aliphatic heterocycles. The first-order chi connectivity index (χ1) is 14.7. The van der Waals surface area contributed by atoms with E-state index in [1.165, 1.54) is 0 Å². The molecule has 0 fully saturated rings. The third kappa shape index (κ3) is 2.57. The third-order valence-corrected chi connectivity index (χ3v) is 5.55. The fourth-order valence-electron chi connectivity index (χ4n) is 4.03. The fourth-order valence-corrected chi connectivity index (χ4v) is 4.03. The summed E-state index contributed by atoms with van der Waals surface area (Å²) in [6.45, 7) is 0.662. The molecular formula is C22H19N7O. The molecular weight excluding hydrogens is 378 g/mol. The van der Waals surface area contributed by atoms with Gasteiger partial charge in [-0.1, -0.05) is 12.1 Å². The minimum atomic E-state index is -0.273. The van der Waals surface area contributed by atoms with E-state index in [-0.39, 0.29) is 6.10 Å². The van der Waals surface area contributed by atoms with E-state index >= 15 is 0 Å². The summed E-state index contributed by atoms with van der Waals surface area (Å²) in [5.74, 6) is 0.754. The Hall–Kier alpha value is -4.07. The molecule has 0 saturated heterocycles. The summed E-state index contributed by atoms with van der Waals surface area (Å²) in [7, 11) is 2.04. The SMILES string of the molecule is CN1CC(c2nc(-c3ccc4cn[nH]c4c3)cn3ccnc23)Oc2cc(N)ccc21. The highest BCUT2D eigenvalue weighted by molar-refractivity contribution is 5.83. The van der Waals surface area contributed by atoms with Crippen molar-refractivity contribution in [2.75, 3.05) is 24.2 Å². The van der Waals surface area contributed by atoms with Crippen LogP contribution in [0.4, 0.5) is 11.4 Å². The zero-order valence-corrected chi connectivity index (χ0v) is 16.3. The second-order valence-electron chi connectivity index (χ2n) is 7.56. The summed E-state index contributed by atoms with van der Waals surface area (Å²) in [4.78, 5) is 11.7. The first-order valence-corrected chi connectivity index (χ1v) is 9.70. The summed E-state index contributed by atoms with van der Waals surface area (Å²) < 4.78 is 8.33. The van der Waals surface area contributed by atoms with Gasteiger partial charge >= 0.3 is 0 Å². The van der Waals surface area contributed by atoms with E-state index in [1.54, 1.807) is 6.20 Å². The van der Waals surface area contributed by atoms with Crippen molar-refractivity contribution in [2.24, 2.45) is 0 Å². The molecule has 5 aromatic rings. The van der Waals surface area contributed by atoms with Crippen molar-refractivity contribution in [2.45, 2.75) is 6.10 Å². The molecule has 0 spiro atoms. The minimum absolute atomic E-state index is 0.273. The number of fused-ring (bicyclic) bond motifs is 3. The Morgan fingerprint density at radius 1 is 1.20 bits per heavy atom. The number of likely N-dealkylation sites (N-methyl/N-ethyl adjacent to an activating group) is 1. The Labute approximate surface area is 171 Å². The number of hydrogen-bond acceptors (Lipinski definition) is 6. The number of aromatic nitrogens is 5. The lowest BCUT2D eigenvalue weighted by Gasteiger charge is -2.33. The van der Waals surface area contributed by atoms with E-state index < -0.39 is 0 Å². The summed E-state index contributed by atoms with van der Waals surface area (Å²) in [6.07, 6.45) is 7.23. The summed E-state index contributed by atoms with van der Waals surface area (Å²) in [5.41, 5.74) is 12.1. The predicted octanol–water partition coefficient (Wildman–Crippen LogP) is 3.42. The number of nitrogens with one attached hydrogen (secondary N) is 1. The second-order valence-corrected chi connectivity index (χ2v) is 7.56. The van der Waals surface area contributed by atoms with E-state index in [9.17, 15) is 0 Å². The molecule has 8 heteroatoms. The molecule has 1 atom stereocenters. The van der Waals surface area contributed by atoms with Gasteiger partial charge in [-0.15, -0.1) is 0 Å². The Balaban J connectivity index is 1.49. The van der Waals surface area contributed by atoms with Gasteiger partial charge in [-0.2, -0.15) is 5.10 Å². The molecule has 3 aromatic heterocycles. The fraction of sp³-hybridized carbons (Fsp3) is 0.136. The number of aromatic amines is 1. The van der Waals surface area contributed by atoms with Crippen LogP contribution in [-0.2, 0) is 0 Å². The molecule has 0 radical (unpaired) electrons. The van der Waals surface area contributed by atoms with E-state index in [4.69, 9.17) is 15.5 Å². The predicted molar refractivity (Wildman–Crippen MR) is 116 cm³/mol. The van der Waals surface area contributed by atoms with Crippen molar-refractivity contribution < 1.29 is 4.74 Å². The molecule has 3 N–H and O–H groups in total. The van der Waals surface area contributed by atoms with Gasteiger partial charge in [-0.3, -0.25) is 5.10 Å². The van der Waals surface area contributed by atoms with Gasteiger partial charge in [0.15, 0.2) is 11.8 Å². The molecule has 0 saturated carbocycles. The van der Waals surface area contributed by atoms with Crippen LogP contribution in [0.25, 0.3) is 27.8 Å². The van der Waals surface area contributed by atoms with E-state index in [1.807, 2.05) is 54.3 Å². The molecule has 8 nitrogen and oxygen atoms in total. The van der Waals surface area contributed by atoms with Gasteiger partial charge in [-0.25, -0.2) is 9.97 Å². The number of nitrogens with zero attached hydrogens (tertiary/aromatic N) is 5. The molecule has 1 aliphatic rings. The highest BCUT2D eigenvalue weighted by atomic mass is 16.5. The van der Waals surface area contributed by atoms with Crippen LogP contribution >= 0.6 is 0 Å². The normalized spacial score (nSPS) is 16.0. The molecule has 4 heterocycles. The number of imidazole rings is 1. The van der Waals surface area contributed by atoms with Crippen molar-refractivity contribution in [1.82, 2.24) is 24.6 Å². The molecule has 2 aromatic carbocycles. The maximum absolute atomic E-state index is 6.34. The van der Waals surface area contributed by atoms with E-state index in [0.29, 0.717) is 12.2 Å². The number of nitrogen functional groups attached to an aromatic ring is 1. The van der Waals surface area contributed by atoms with Crippen LogP contribution in [-0.4, -0.2) is 38.2 Å². The highest BCUT2D eigenvalue weighted by Crippen LogP contribution is 2.39. The summed E-state index contributed by atoms with van der Waals surface area (Å²) in [6, 6.07) is 11.9. The van der Waals surface area contributed by atoms with Crippen molar-refractivity contribution in [3.63, 3.8) is 0 Å². The van der Waals surface area contributed by atoms with Gasteiger partial charge < -0.3 is 19.8 Å². The van der Waals surface area contributed by atoms with Crippen LogP contribution < -0.4 is 15.4 Å². The van der Waals surface area contributed by atoms with Crippen molar-refractivity contribution in [3.8, 4) is 17.0 Å². The summed E-state index contributed by atoms with van der Waals surface area (Å²) >= 11 is 0. The lowest BCUT2D eigenvalue weighted by molar-refractivity contribution is 0.196. The molecule has 30 heavy (non-hydrogen) atoms. The molecule has 0 aliphatic carbocycles. The smallest absolute Gasteiger partial charge is 0.162 e. The molecule has 148 valence electrons. The highest BCUT2D eigenvalue weighted by Gasteiger charge is 2.29. The topological polar surface area (TPSA) is 97.4 Å². The van der Waals surface area contributed by atoms with Gasteiger partial charge in [0.2, 0.25) is 0 Å². The third-order valence-electron chi connectivity index (χ3n) is 5.55. The minimum Gasteiger partial charge on any atom is -0.480 e. The molecule has 6 rings (SSSR count). The second kappa shape index (κ2) is 6.21. The summed E-state index contributed by atoms with van der Waals surface area (Å²) in [5, 5.41) is 8.19. The molecule has 1 unspecified atom stereocenters. The zero-order chi connectivity index (χ0) is 20.2. The zero-order valence-electron chi connectivity index (χ0n) is 16.3. The van der Waals surface area contributed by atoms with E-state index in [2.05, 4.69) is 32.2 Å². The lowest BCUT2D eigenvalue weighted by Crippen LogP contribution is -2.33. The van der Waals surface area contributed by atoms with Crippen LogP contribution in [0.3, 0.4) is 0 Å². The van der Waals surface area contributed by atoms with Crippen molar-refractivity contribution >= 4 is 27.9 Å². The van der Waals surface area contributed by atoms with Crippen LogP contribution in [0.2, 0.25) is 0 Å². The first-order valence-electron chi connectivity index (χ1n) is 9.70. The number of ether oxygens (including phenoxy) is 1. The Morgan fingerprint density at radius 2 is 2.13 bits per heavy atom. The largest absolute Gasteiger partial charge is 0.480 e. The Kier molecular flexibility index (Phi) is 3.49. The standard InChI is InChI=1S/C22H19N7O/c1-28-12-20(30-19-9-15(23)4-5-18(19)28)21-22-24-6-7-29(22)11-17(26-21)13-2-3-14-10-25-27-16(14)8-13/h2-11,20H,12,23H2,1H3,(H,25,27). The van der Waals surface area contributed by atoms with Crippen molar-refractivity contribution in [1.29, 1.82) is 0 Å². The van der Waals surface area contributed by atoms with Crippen LogP contribution in [0, 0.1) is 0 Å². The Bertz CT molecular complexity index is 1400. The number of hydrogen-bond donors (Lipinski definition) is 2.